The van der Waals surface area contributed by atoms with E-state index in [4.69, 9.17) is 4.74 Å². The van der Waals surface area contributed by atoms with Crippen LogP contribution < -0.4 is 0 Å². The first-order valence-corrected chi connectivity index (χ1v) is 5.18. The molecule has 2 unspecified atom stereocenters. The summed E-state index contributed by atoms with van der Waals surface area (Å²) in [6.45, 7) is 0. The molecule has 2 nitrogen and oxygen atoms in total. The van der Waals surface area contributed by atoms with Crippen molar-refractivity contribution in [2.45, 2.75) is 63.3 Å². The van der Waals surface area contributed by atoms with Gasteiger partial charge in [0.1, 0.15) is 0 Å². The lowest BCUT2D eigenvalue weighted by Gasteiger charge is -2.33. The molecule has 0 saturated heterocycles. The monoisotopic (exact) mass is 170 g/mol. The van der Waals surface area contributed by atoms with E-state index in [2.05, 4.69) is 0 Å². The highest BCUT2D eigenvalue weighted by atomic mass is 16.5. The van der Waals surface area contributed by atoms with Crippen molar-refractivity contribution in [3.05, 3.63) is 0 Å². The topological polar surface area (TPSA) is 29.5 Å². The molecule has 2 aliphatic carbocycles. The van der Waals surface area contributed by atoms with Crippen LogP contribution in [0.5, 0.6) is 0 Å². The fourth-order valence-electron chi connectivity index (χ4n) is 2.02. The second-order valence-electron chi connectivity index (χ2n) is 4.13. The lowest BCUT2D eigenvalue weighted by atomic mass is 9.92. The molecule has 0 amide bonds. The average Bonchev–Trinajstić information content (AvgIpc) is 1.97. The molecule has 0 aliphatic heterocycles. The maximum atomic E-state index is 9.40. The Balaban J connectivity index is 1.71. The minimum atomic E-state index is -0.0937. The highest BCUT2D eigenvalue weighted by Crippen LogP contribution is 2.28. The molecular formula is C10H18O2. The Labute approximate surface area is 73.9 Å². The first-order valence-electron chi connectivity index (χ1n) is 5.18. The predicted molar refractivity (Wildman–Crippen MR) is 47.0 cm³/mol. The number of rotatable bonds is 2. The fraction of sp³-hybridized carbons (Fsp3) is 1.00. The van der Waals surface area contributed by atoms with E-state index in [1.54, 1.807) is 0 Å². The smallest absolute Gasteiger partial charge is 0.0603 e. The first kappa shape index (κ1) is 8.52. The Morgan fingerprint density at radius 2 is 1.58 bits per heavy atom. The summed E-state index contributed by atoms with van der Waals surface area (Å²) in [5.74, 6) is 0. The normalized spacial score (nSPS) is 37.8. The van der Waals surface area contributed by atoms with Crippen LogP contribution in [0.3, 0.4) is 0 Å². The van der Waals surface area contributed by atoms with E-state index in [1.807, 2.05) is 0 Å². The van der Waals surface area contributed by atoms with Gasteiger partial charge in [-0.1, -0.05) is 0 Å². The molecule has 2 saturated carbocycles. The highest BCUT2D eigenvalue weighted by molar-refractivity contribution is 4.76. The molecule has 0 radical (unpaired) electrons. The van der Waals surface area contributed by atoms with Crippen LogP contribution in [-0.4, -0.2) is 23.4 Å². The number of aliphatic hydroxyl groups excluding tert-OH is 1. The zero-order valence-corrected chi connectivity index (χ0v) is 7.54. The molecule has 0 heterocycles. The first-order chi connectivity index (χ1) is 5.84. The molecule has 0 aromatic rings. The third-order valence-corrected chi connectivity index (χ3v) is 3.04. The van der Waals surface area contributed by atoms with Gasteiger partial charge in [-0.15, -0.1) is 0 Å². The van der Waals surface area contributed by atoms with Crippen LogP contribution in [0, 0.1) is 0 Å². The van der Waals surface area contributed by atoms with Crippen molar-refractivity contribution in [1.82, 2.24) is 0 Å². The van der Waals surface area contributed by atoms with Crippen molar-refractivity contribution in [3.8, 4) is 0 Å². The highest BCUT2D eigenvalue weighted by Gasteiger charge is 2.26. The van der Waals surface area contributed by atoms with E-state index >= 15 is 0 Å². The molecule has 0 aromatic heterocycles. The van der Waals surface area contributed by atoms with Crippen LogP contribution >= 0.6 is 0 Å². The summed E-state index contributed by atoms with van der Waals surface area (Å²) in [7, 11) is 0. The molecule has 12 heavy (non-hydrogen) atoms. The fourth-order valence-corrected chi connectivity index (χ4v) is 2.02. The molecule has 2 atom stereocenters. The van der Waals surface area contributed by atoms with Crippen molar-refractivity contribution in [1.29, 1.82) is 0 Å². The Hall–Kier alpha value is -0.0800. The van der Waals surface area contributed by atoms with E-state index < -0.39 is 0 Å². The zero-order valence-electron chi connectivity index (χ0n) is 7.54. The lowest BCUT2D eigenvalue weighted by Crippen LogP contribution is -2.32. The van der Waals surface area contributed by atoms with Gasteiger partial charge >= 0.3 is 0 Å². The average molecular weight is 170 g/mol. The summed E-state index contributed by atoms with van der Waals surface area (Å²) in [5.41, 5.74) is 0. The van der Waals surface area contributed by atoms with Crippen LogP contribution in [0.1, 0.15) is 44.9 Å². The summed E-state index contributed by atoms with van der Waals surface area (Å²) in [5, 5.41) is 9.40. The van der Waals surface area contributed by atoms with Gasteiger partial charge in [0.2, 0.25) is 0 Å². The summed E-state index contributed by atoms with van der Waals surface area (Å²) >= 11 is 0. The SMILES string of the molecule is OC1CCCC(OC2CCC2)C1. The largest absolute Gasteiger partial charge is 0.393 e. The van der Waals surface area contributed by atoms with Crippen LogP contribution in [0.25, 0.3) is 0 Å². The minimum absolute atomic E-state index is 0.0937. The maximum Gasteiger partial charge on any atom is 0.0603 e. The van der Waals surface area contributed by atoms with Crippen molar-refractivity contribution in [2.75, 3.05) is 0 Å². The van der Waals surface area contributed by atoms with E-state index in [0.29, 0.717) is 12.2 Å². The van der Waals surface area contributed by atoms with E-state index in [0.717, 1.165) is 25.7 Å². The molecule has 2 aliphatic rings. The molecular weight excluding hydrogens is 152 g/mol. The van der Waals surface area contributed by atoms with E-state index in [1.165, 1.54) is 19.3 Å². The standard InChI is InChI=1S/C10H18O2/c11-8-3-1-6-10(7-8)12-9-4-2-5-9/h8-11H,1-7H2. The Morgan fingerprint density at radius 3 is 2.17 bits per heavy atom. The third kappa shape index (κ3) is 1.99. The summed E-state index contributed by atoms with van der Waals surface area (Å²) < 4.78 is 5.84. The molecule has 2 rings (SSSR count). The zero-order chi connectivity index (χ0) is 8.39. The second kappa shape index (κ2) is 3.75. The van der Waals surface area contributed by atoms with Crippen LogP contribution in [0.15, 0.2) is 0 Å². The molecule has 70 valence electrons. The Morgan fingerprint density at radius 1 is 0.917 bits per heavy atom. The van der Waals surface area contributed by atoms with Crippen molar-refractivity contribution < 1.29 is 9.84 Å². The van der Waals surface area contributed by atoms with Gasteiger partial charge in [0.05, 0.1) is 18.3 Å². The van der Waals surface area contributed by atoms with E-state index in [-0.39, 0.29) is 6.10 Å². The number of hydrogen-bond acceptors (Lipinski definition) is 2. The van der Waals surface area contributed by atoms with Gasteiger partial charge in [-0.05, 0) is 44.9 Å². The van der Waals surface area contributed by atoms with Crippen molar-refractivity contribution in [2.24, 2.45) is 0 Å². The minimum Gasteiger partial charge on any atom is -0.393 e. The number of aliphatic hydroxyl groups is 1. The van der Waals surface area contributed by atoms with Crippen molar-refractivity contribution >= 4 is 0 Å². The second-order valence-corrected chi connectivity index (χ2v) is 4.13. The summed E-state index contributed by atoms with van der Waals surface area (Å²) in [6, 6.07) is 0. The quantitative estimate of drug-likeness (QED) is 0.685. The van der Waals surface area contributed by atoms with Crippen LogP contribution in [0.2, 0.25) is 0 Å². The van der Waals surface area contributed by atoms with Gasteiger partial charge < -0.3 is 9.84 Å². The molecule has 0 aromatic carbocycles. The summed E-state index contributed by atoms with van der Waals surface area (Å²) in [6.07, 6.45) is 8.76. The maximum absolute atomic E-state index is 9.40. The lowest BCUT2D eigenvalue weighted by molar-refractivity contribution is -0.0835. The molecule has 2 heteroatoms. The van der Waals surface area contributed by atoms with Gasteiger partial charge in [0, 0.05) is 0 Å². The number of hydrogen-bond donors (Lipinski definition) is 1. The summed E-state index contributed by atoms with van der Waals surface area (Å²) in [4.78, 5) is 0. The molecule has 0 bridgehead atoms. The molecule has 0 spiro atoms. The van der Waals surface area contributed by atoms with Crippen LogP contribution in [-0.2, 0) is 4.74 Å². The Bertz CT molecular complexity index is 143. The van der Waals surface area contributed by atoms with Gasteiger partial charge in [-0.25, -0.2) is 0 Å². The molecule has 2 fully saturated rings. The van der Waals surface area contributed by atoms with Crippen molar-refractivity contribution in [3.63, 3.8) is 0 Å². The van der Waals surface area contributed by atoms with Gasteiger partial charge in [0.15, 0.2) is 0 Å². The van der Waals surface area contributed by atoms with E-state index in [9.17, 15) is 5.11 Å². The van der Waals surface area contributed by atoms with Crippen LogP contribution in [0.4, 0.5) is 0 Å². The molecule has 1 N–H and O–H groups in total. The number of ether oxygens (including phenoxy) is 1. The Kier molecular flexibility index (Phi) is 2.66. The van der Waals surface area contributed by atoms with Gasteiger partial charge in [0.25, 0.3) is 0 Å². The van der Waals surface area contributed by atoms with Gasteiger partial charge in [-0.2, -0.15) is 0 Å². The predicted octanol–water partition coefficient (Wildman–Crippen LogP) is 1.86. The third-order valence-electron chi connectivity index (χ3n) is 3.04. The van der Waals surface area contributed by atoms with Gasteiger partial charge in [-0.3, -0.25) is 0 Å².